The van der Waals surface area contributed by atoms with Crippen molar-refractivity contribution in [3.8, 4) is 0 Å². The predicted molar refractivity (Wildman–Crippen MR) is 145 cm³/mol. The molecule has 0 saturated heterocycles. The van der Waals surface area contributed by atoms with E-state index in [1.165, 1.54) is 18.6 Å². The SMILES string of the molecule is C/C(=N\C(NC(=O)c1ccc(F)cc1Cl)=C(/C)C(=O)OC(C)(C)C)N(C)C.CC(C)c1ccccc1. The second-order valence-corrected chi connectivity index (χ2v) is 10.1. The minimum atomic E-state index is -0.700. The van der Waals surface area contributed by atoms with Crippen molar-refractivity contribution in [2.24, 2.45) is 4.99 Å². The summed E-state index contributed by atoms with van der Waals surface area (Å²) in [5, 5.41) is 2.52. The number of benzene rings is 2. The molecular formula is C28H37ClFN3O3. The summed E-state index contributed by atoms with van der Waals surface area (Å²) in [4.78, 5) is 31.0. The monoisotopic (exact) mass is 517 g/mol. The number of aliphatic imine (C=N–C) groups is 1. The van der Waals surface area contributed by atoms with Gasteiger partial charge in [0.15, 0.2) is 0 Å². The fraction of sp³-hybridized carbons (Fsp3) is 0.393. The van der Waals surface area contributed by atoms with Crippen LogP contribution < -0.4 is 5.32 Å². The molecule has 0 saturated carbocycles. The summed E-state index contributed by atoms with van der Waals surface area (Å²) in [5.74, 6) is -0.546. The van der Waals surface area contributed by atoms with Crippen LogP contribution in [0, 0.1) is 5.82 Å². The van der Waals surface area contributed by atoms with Crippen LogP contribution in [-0.4, -0.2) is 42.3 Å². The van der Waals surface area contributed by atoms with Gasteiger partial charge in [0.2, 0.25) is 0 Å². The summed E-state index contributed by atoms with van der Waals surface area (Å²) in [6, 6.07) is 13.9. The maximum atomic E-state index is 13.2. The van der Waals surface area contributed by atoms with E-state index in [1.54, 1.807) is 46.7 Å². The Morgan fingerprint density at radius 3 is 2.08 bits per heavy atom. The molecule has 0 atom stereocenters. The molecule has 0 aliphatic carbocycles. The molecule has 0 unspecified atom stereocenters. The summed E-state index contributed by atoms with van der Waals surface area (Å²) in [6.07, 6.45) is 0. The number of hydrogen-bond donors (Lipinski definition) is 1. The van der Waals surface area contributed by atoms with Crippen LogP contribution in [0.2, 0.25) is 5.02 Å². The lowest BCUT2D eigenvalue weighted by Crippen LogP contribution is -2.30. The Hall–Kier alpha value is -3.19. The van der Waals surface area contributed by atoms with Gasteiger partial charge in [-0.3, -0.25) is 4.79 Å². The van der Waals surface area contributed by atoms with Crippen LogP contribution in [0.25, 0.3) is 0 Å². The fourth-order valence-corrected chi connectivity index (χ4v) is 2.86. The van der Waals surface area contributed by atoms with Gasteiger partial charge in [0.1, 0.15) is 23.1 Å². The first-order valence-electron chi connectivity index (χ1n) is 11.6. The number of nitrogens with zero attached hydrogens (tertiary/aromatic N) is 2. The van der Waals surface area contributed by atoms with Crippen molar-refractivity contribution in [1.29, 1.82) is 0 Å². The molecule has 8 heteroatoms. The Kier molecular flexibility index (Phi) is 11.8. The van der Waals surface area contributed by atoms with E-state index in [0.29, 0.717) is 11.8 Å². The summed E-state index contributed by atoms with van der Waals surface area (Å²) < 4.78 is 18.6. The van der Waals surface area contributed by atoms with Crippen molar-refractivity contribution in [2.75, 3.05) is 14.1 Å². The van der Waals surface area contributed by atoms with Crippen LogP contribution in [0.4, 0.5) is 4.39 Å². The first-order valence-corrected chi connectivity index (χ1v) is 12.0. The van der Waals surface area contributed by atoms with Gasteiger partial charge < -0.3 is 15.0 Å². The molecule has 196 valence electrons. The number of rotatable bonds is 5. The van der Waals surface area contributed by atoms with Gasteiger partial charge in [-0.15, -0.1) is 0 Å². The number of amides is 1. The fourth-order valence-electron chi connectivity index (χ4n) is 2.61. The summed E-state index contributed by atoms with van der Waals surface area (Å²) in [5.41, 5.74) is 0.897. The number of nitrogens with one attached hydrogen (secondary N) is 1. The van der Waals surface area contributed by atoms with Crippen molar-refractivity contribution in [3.63, 3.8) is 0 Å². The summed E-state index contributed by atoms with van der Waals surface area (Å²) in [7, 11) is 3.55. The van der Waals surface area contributed by atoms with Gasteiger partial charge in [-0.05, 0) is 64.3 Å². The molecule has 36 heavy (non-hydrogen) atoms. The molecule has 0 spiro atoms. The van der Waals surface area contributed by atoms with E-state index in [2.05, 4.69) is 48.4 Å². The predicted octanol–water partition coefficient (Wildman–Crippen LogP) is 6.57. The van der Waals surface area contributed by atoms with Crippen molar-refractivity contribution >= 4 is 29.3 Å². The van der Waals surface area contributed by atoms with E-state index in [1.807, 2.05) is 6.07 Å². The molecular weight excluding hydrogens is 481 g/mol. The topological polar surface area (TPSA) is 71.0 Å². The van der Waals surface area contributed by atoms with Crippen LogP contribution in [-0.2, 0) is 9.53 Å². The quantitative estimate of drug-likeness (QED) is 0.211. The normalized spacial score (nSPS) is 12.3. The Labute approximate surface area is 219 Å². The zero-order valence-electron chi connectivity index (χ0n) is 22.6. The number of ether oxygens (including phenoxy) is 1. The first kappa shape index (κ1) is 30.8. The molecule has 0 aliphatic rings. The molecule has 2 aromatic rings. The second kappa shape index (κ2) is 13.8. The number of halogens is 2. The highest BCUT2D eigenvalue weighted by atomic mass is 35.5. The minimum absolute atomic E-state index is 0.0286. The molecule has 0 aromatic heterocycles. The Morgan fingerprint density at radius 1 is 1.06 bits per heavy atom. The lowest BCUT2D eigenvalue weighted by atomic mass is 10.0. The Morgan fingerprint density at radius 2 is 1.64 bits per heavy atom. The zero-order chi connectivity index (χ0) is 27.6. The van der Waals surface area contributed by atoms with E-state index >= 15 is 0 Å². The third-order valence-corrected chi connectivity index (χ3v) is 5.17. The zero-order valence-corrected chi connectivity index (χ0v) is 23.3. The van der Waals surface area contributed by atoms with Crippen LogP contribution >= 0.6 is 11.6 Å². The van der Waals surface area contributed by atoms with Gasteiger partial charge in [-0.2, -0.15) is 0 Å². The number of hydrogen-bond acceptors (Lipinski definition) is 4. The molecule has 6 nitrogen and oxygen atoms in total. The minimum Gasteiger partial charge on any atom is -0.457 e. The van der Waals surface area contributed by atoms with Gasteiger partial charge in [-0.25, -0.2) is 14.2 Å². The van der Waals surface area contributed by atoms with E-state index in [0.717, 1.165) is 12.1 Å². The number of carbonyl (C=O) groups excluding carboxylic acids is 2. The van der Waals surface area contributed by atoms with Crippen LogP contribution in [0.3, 0.4) is 0 Å². The number of carbonyl (C=O) groups is 2. The lowest BCUT2D eigenvalue weighted by molar-refractivity contribution is -0.149. The van der Waals surface area contributed by atoms with E-state index < -0.39 is 23.3 Å². The summed E-state index contributed by atoms with van der Waals surface area (Å²) >= 11 is 5.94. The van der Waals surface area contributed by atoms with Gasteiger partial charge >= 0.3 is 5.97 Å². The van der Waals surface area contributed by atoms with Crippen molar-refractivity contribution < 1.29 is 18.7 Å². The maximum Gasteiger partial charge on any atom is 0.337 e. The highest BCUT2D eigenvalue weighted by molar-refractivity contribution is 6.33. The molecule has 1 N–H and O–H groups in total. The highest BCUT2D eigenvalue weighted by Gasteiger charge is 2.22. The van der Waals surface area contributed by atoms with Crippen LogP contribution in [0.15, 0.2) is 64.9 Å². The van der Waals surface area contributed by atoms with Crippen molar-refractivity contribution in [1.82, 2.24) is 10.2 Å². The third-order valence-electron chi connectivity index (χ3n) is 4.86. The average molecular weight is 518 g/mol. The number of esters is 1. The third kappa shape index (κ3) is 10.6. The molecule has 0 radical (unpaired) electrons. The molecule has 2 aromatic carbocycles. The van der Waals surface area contributed by atoms with Crippen molar-refractivity contribution in [2.45, 2.75) is 60.0 Å². The van der Waals surface area contributed by atoms with Gasteiger partial charge in [0, 0.05) is 14.1 Å². The smallest absolute Gasteiger partial charge is 0.337 e. The van der Waals surface area contributed by atoms with Gasteiger partial charge in [-0.1, -0.05) is 55.8 Å². The second-order valence-electron chi connectivity index (χ2n) is 9.67. The number of amidine groups is 1. The Balaban J connectivity index is 0.000000600. The van der Waals surface area contributed by atoms with Gasteiger partial charge in [0.25, 0.3) is 5.91 Å². The molecule has 2 rings (SSSR count). The average Bonchev–Trinajstić information content (AvgIpc) is 2.77. The largest absolute Gasteiger partial charge is 0.457 e. The first-order chi connectivity index (χ1) is 16.6. The molecule has 1 amide bonds. The molecule has 0 bridgehead atoms. The van der Waals surface area contributed by atoms with E-state index in [4.69, 9.17) is 16.3 Å². The van der Waals surface area contributed by atoms with Crippen molar-refractivity contribution in [3.05, 3.63) is 81.9 Å². The van der Waals surface area contributed by atoms with E-state index in [9.17, 15) is 14.0 Å². The standard InChI is InChI=1S/C19H25ClFN3O3.C9H12/c1-11(18(26)27-19(3,4)5)16(22-12(2)24(6)7)23-17(25)14-9-8-13(21)10-15(14)20;1-8(2)9-6-4-3-5-7-9/h8-10H,1-7H3,(H,23,25);3-8H,1-2H3/b16-11-,22-12+;. The maximum absolute atomic E-state index is 13.2. The summed E-state index contributed by atoms with van der Waals surface area (Å²) in [6.45, 7) is 12.8. The van der Waals surface area contributed by atoms with E-state index in [-0.39, 0.29) is 22.0 Å². The molecule has 0 fully saturated rings. The highest BCUT2D eigenvalue weighted by Crippen LogP contribution is 2.19. The van der Waals surface area contributed by atoms with Crippen LogP contribution in [0.5, 0.6) is 0 Å². The van der Waals surface area contributed by atoms with Crippen LogP contribution in [0.1, 0.15) is 70.3 Å². The molecule has 0 aliphatic heterocycles. The van der Waals surface area contributed by atoms with Gasteiger partial charge in [0.05, 0.1) is 16.2 Å². The lowest BCUT2D eigenvalue weighted by Gasteiger charge is -2.21. The Bertz CT molecular complexity index is 1100. The molecule has 0 heterocycles.